The molecule has 0 fully saturated rings. The number of nitrogens with two attached hydrogens (primary N) is 1. The highest BCUT2D eigenvalue weighted by molar-refractivity contribution is 7.80. The van der Waals surface area contributed by atoms with E-state index < -0.39 is 54.3 Å². The largest absolute Gasteiger partial charge is 0.481 e. The van der Waals surface area contributed by atoms with Crippen LogP contribution in [0.1, 0.15) is 19.8 Å². The number of amides is 3. The molecule has 11 nitrogen and oxygen atoms in total. The lowest BCUT2D eigenvalue weighted by atomic mass is 10.1. The van der Waals surface area contributed by atoms with Crippen LogP contribution in [0.3, 0.4) is 0 Å². The fourth-order valence-electron chi connectivity index (χ4n) is 1.56. The minimum absolute atomic E-state index is 0.138. The third kappa shape index (κ3) is 9.52. The fraction of sp³-hybridized carbons (Fsp3) is 0.615. The maximum Gasteiger partial charge on any atom is 0.327 e. The Balaban J connectivity index is 4.68. The van der Waals surface area contributed by atoms with Gasteiger partial charge < -0.3 is 31.9 Å². The van der Waals surface area contributed by atoms with E-state index in [0.29, 0.717) is 0 Å². The zero-order chi connectivity index (χ0) is 19.6. The summed E-state index contributed by atoms with van der Waals surface area (Å²) in [6, 6.07) is -3.31. The number of hydrogen-bond donors (Lipinski definition) is 7. The molecule has 0 aliphatic carbocycles. The van der Waals surface area contributed by atoms with E-state index in [1.54, 1.807) is 0 Å². The van der Waals surface area contributed by atoms with Crippen molar-refractivity contribution in [2.75, 3.05) is 12.3 Å². The Kier molecular flexibility index (Phi) is 10.2. The maximum absolute atomic E-state index is 12.0. The standard InChI is InChI=1S/C13H22N4O7S/c1-6(14)11(21)17-7(2-3-10(19)20)12(22)15-4-9(18)16-8(5-25)13(23)24/h6-8,25H,2-5,14H2,1H3,(H,15,22)(H,16,18)(H,17,21)(H,19,20)(H,23,24). The SMILES string of the molecule is CC(N)C(=O)NC(CCC(=O)O)C(=O)NCC(=O)NC(CS)C(=O)O. The van der Waals surface area contributed by atoms with Crippen LogP contribution in [0.2, 0.25) is 0 Å². The van der Waals surface area contributed by atoms with Crippen molar-refractivity contribution in [2.24, 2.45) is 5.73 Å². The van der Waals surface area contributed by atoms with Gasteiger partial charge in [0.25, 0.3) is 0 Å². The number of aliphatic carboxylic acids is 2. The number of carbonyl (C=O) groups excluding carboxylic acids is 3. The number of carboxylic acids is 2. The molecule has 0 saturated heterocycles. The van der Waals surface area contributed by atoms with E-state index in [2.05, 4.69) is 28.6 Å². The Morgan fingerprint density at radius 2 is 1.64 bits per heavy atom. The van der Waals surface area contributed by atoms with Crippen molar-refractivity contribution in [3.05, 3.63) is 0 Å². The van der Waals surface area contributed by atoms with Crippen LogP contribution in [0.25, 0.3) is 0 Å². The average molecular weight is 378 g/mol. The lowest BCUT2D eigenvalue weighted by Gasteiger charge is -2.19. The quantitative estimate of drug-likeness (QED) is 0.189. The molecule has 0 aliphatic rings. The van der Waals surface area contributed by atoms with Gasteiger partial charge >= 0.3 is 11.9 Å². The molecule has 142 valence electrons. The van der Waals surface area contributed by atoms with Crippen LogP contribution in [0.15, 0.2) is 0 Å². The molecule has 3 amide bonds. The zero-order valence-corrected chi connectivity index (χ0v) is 14.4. The highest BCUT2D eigenvalue weighted by Crippen LogP contribution is 1.99. The van der Waals surface area contributed by atoms with Gasteiger partial charge in [0, 0.05) is 12.2 Å². The van der Waals surface area contributed by atoms with E-state index in [1.165, 1.54) is 6.92 Å². The van der Waals surface area contributed by atoms with E-state index in [-0.39, 0.29) is 18.6 Å². The summed E-state index contributed by atoms with van der Waals surface area (Å²) in [4.78, 5) is 56.7. The van der Waals surface area contributed by atoms with Crippen molar-refractivity contribution in [2.45, 2.75) is 37.9 Å². The predicted molar refractivity (Wildman–Crippen MR) is 88.9 cm³/mol. The molecule has 0 aromatic heterocycles. The first kappa shape index (κ1) is 22.7. The lowest BCUT2D eigenvalue weighted by molar-refractivity contribution is -0.141. The lowest BCUT2D eigenvalue weighted by Crippen LogP contribution is -2.53. The van der Waals surface area contributed by atoms with Gasteiger partial charge in [-0.1, -0.05) is 0 Å². The number of nitrogens with one attached hydrogen (secondary N) is 3. The first-order chi connectivity index (χ1) is 11.6. The molecule has 25 heavy (non-hydrogen) atoms. The predicted octanol–water partition coefficient (Wildman–Crippen LogP) is -2.70. The molecule has 0 bridgehead atoms. The van der Waals surface area contributed by atoms with Crippen molar-refractivity contribution in [3.63, 3.8) is 0 Å². The highest BCUT2D eigenvalue weighted by atomic mass is 32.1. The zero-order valence-electron chi connectivity index (χ0n) is 13.5. The van der Waals surface area contributed by atoms with Crippen LogP contribution >= 0.6 is 12.6 Å². The van der Waals surface area contributed by atoms with E-state index in [4.69, 9.17) is 15.9 Å². The summed E-state index contributed by atoms with van der Waals surface area (Å²) in [5, 5.41) is 24.1. The smallest absolute Gasteiger partial charge is 0.327 e. The molecule has 12 heteroatoms. The van der Waals surface area contributed by atoms with Crippen LogP contribution in [-0.2, 0) is 24.0 Å². The molecule has 0 saturated carbocycles. The molecule has 0 spiro atoms. The summed E-state index contributed by atoms with van der Waals surface area (Å²) in [6.45, 7) is 0.840. The number of rotatable bonds is 11. The van der Waals surface area contributed by atoms with Crippen LogP contribution < -0.4 is 21.7 Å². The second kappa shape index (κ2) is 11.3. The first-order valence-corrected chi connectivity index (χ1v) is 7.90. The highest BCUT2D eigenvalue weighted by Gasteiger charge is 2.24. The molecule has 0 aromatic rings. The third-order valence-corrected chi connectivity index (χ3v) is 3.30. The summed E-state index contributed by atoms with van der Waals surface area (Å²) in [7, 11) is 0. The van der Waals surface area contributed by atoms with Crippen molar-refractivity contribution >= 4 is 42.3 Å². The van der Waals surface area contributed by atoms with Crippen molar-refractivity contribution < 1.29 is 34.2 Å². The molecule has 0 aliphatic heterocycles. The second-order valence-corrected chi connectivity index (χ2v) is 5.51. The van der Waals surface area contributed by atoms with Gasteiger partial charge in [0.05, 0.1) is 12.6 Å². The van der Waals surface area contributed by atoms with Crippen LogP contribution in [0.4, 0.5) is 0 Å². The summed E-state index contributed by atoms with van der Waals surface area (Å²) >= 11 is 3.78. The average Bonchev–Trinajstić information content (AvgIpc) is 2.53. The van der Waals surface area contributed by atoms with E-state index in [0.717, 1.165) is 0 Å². The van der Waals surface area contributed by atoms with E-state index >= 15 is 0 Å². The first-order valence-electron chi connectivity index (χ1n) is 7.27. The van der Waals surface area contributed by atoms with Gasteiger partial charge in [0.2, 0.25) is 17.7 Å². The summed E-state index contributed by atoms with van der Waals surface area (Å²) < 4.78 is 0. The molecular formula is C13H22N4O7S. The minimum atomic E-state index is -1.28. The number of carbonyl (C=O) groups is 5. The molecule has 0 aromatic carbocycles. The fourth-order valence-corrected chi connectivity index (χ4v) is 1.81. The molecule has 0 radical (unpaired) electrons. The molecule has 7 N–H and O–H groups in total. The Bertz CT molecular complexity index is 527. The van der Waals surface area contributed by atoms with Gasteiger partial charge in [0.15, 0.2) is 0 Å². The maximum atomic E-state index is 12.0. The number of hydrogen-bond acceptors (Lipinski definition) is 7. The van der Waals surface area contributed by atoms with Gasteiger partial charge in [-0.3, -0.25) is 19.2 Å². The Labute approximate surface area is 149 Å². The van der Waals surface area contributed by atoms with Gasteiger partial charge in [0.1, 0.15) is 12.1 Å². The topological polar surface area (TPSA) is 188 Å². The number of carboxylic acid groups (broad SMARTS) is 2. The van der Waals surface area contributed by atoms with Crippen molar-refractivity contribution in [1.82, 2.24) is 16.0 Å². The number of thiol groups is 1. The van der Waals surface area contributed by atoms with E-state index in [1.807, 2.05) is 0 Å². The summed E-state index contributed by atoms with van der Waals surface area (Å²) in [5.74, 6) is -4.80. The third-order valence-electron chi connectivity index (χ3n) is 2.93. The minimum Gasteiger partial charge on any atom is -0.481 e. The van der Waals surface area contributed by atoms with Crippen LogP contribution in [-0.4, -0.2) is 70.3 Å². The van der Waals surface area contributed by atoms with Gasteiger partial charge in [-0.15, -0.1) is 0 Å². The molecule has 0 rings (SSSR count). The monoisotopic (exact) mass is 378 g/mol. The Hall–Kier alpha value is -2.34. The summed E-state index contributed by atoms with van der Waals surface area (Å²) in [5.41, 5.74) is 5.37. The van der Waals surface area contributed by atoms with Crippen LogP contribution in [0.5, 0.6) is 0 Å². The summed E-state index contributed by atoms with van der Waals surface area (Å²) in [6.07, 6.45) is -0.583. The van der Waals surface area contributed by atoms with Crippen molar-refractivity contribution in [3.8, 4) is 0 Å². The molecule has 3 unspecified atom stereocenters. The van der Waals surface area contributed by atoms with Crippen molar-refractivity contribution in [1.29, 1.82) is 0 Å². The molecule has 3 atom stereocenters. The Morgan fingerprint density at radius 3 is 2.08 bits per heavy atom. The van der Waals surface area contributed by atoms with Gasteiger partial charge in [-0.2, -0.15) is 12.6 Å². The molecule has 0 heterocycles. The van der Waals surface area contributed by atoms with Gasteiger partial charge in [-0.05, 0) is 13.3 Å². The van der Waals surface area contributed by atoms with E-state index in [9.17, 15) is 24.0 Å². The van der Waals surface area contributed by atoms with Crippen LogP contribution in [0, 0.1) is 0 Å². The molecular weight excluding hydrogens is 356 g/mol. The van der Waals surface area contributed by atoms with Gasteiger partial charge in [-0.25, -0.2) is 4.79 Å². The normalized spacial score (nSPS) is 13.9. The Morgan fingerprint density at radius 1 is 1.04 bits per heavy atom. The second-order valence-electron chi connectivity index (χ2n) is 5.14.